The molecule has 0 heterocycles. The van der Waals surface area contributed by atoms with Gasteiger partial charge < -0.3 is 10.5 Å². The Balaban J connectivity index is 1.91. The molecule has 0 amide bonds. The summed E-state index contributed by atoms with van der Waals surface area (Å²) in [6, 6.07) is 15.6. The van der Waals surface area contributed by atoms with E-state index in [-0.39, 0.29) is 12.2 Å². The monoisotopic (exact) mass is 454 g/mol. The van der Waals surface area contributed by atoms with E-state index in [9.17, 15) is 14.0 Å². The van der Waals surface area contributed by atoms with Gasteiger partial charge in [0.2, 0.25) is 0 Å². The smallest absolute Gasteiger partial charge is 0.326 e. The SMILES string of the molecule is COC(=O)C(NOCc1ccccc1)C(Sc1ccccc1N)C1C=CC(F)=CC1=C=O. The number of hydrogen-bond acceptors (Lipinski definition) is 7. The number of rotatable bonds is 9. The first kappa shape index (κ1) is 23.5. The number of nitrogen functional groups attached to an aromatic ring is 1. The second-order valence-corrected chi connectivity index (χ2v) is 8.20. The minimum absolute atomic E-state index is 0.0794. The van der Waals surface area contributed by atoms with Crippen LogP contribution in [-0.4, -0.2) is 30.3 Å². The average molecular weight is 455 g/mol. The molecule has 0 fully saturated rings. The number of allylic oxidation sites excluding steroid dienone is 5. The van der Waals surface area contributed by atoms with Crippen molar-refractivity contribution >= 4 is 29.4 Å². The van der Waals surface area contributed by atoms with Crippen LogP contribution in [0.2, 0.25) is 0 Å². The summed E-state index contributed by atoms with van der Waals surface area (Å²) < 4.78 is 18.8. The second-order valence-electron chi connectivity index (χ2n) is 6.98. The summed E-state index contributed by atoms with van der Waals surface area (Å²) in [5, 5.41) is -0.653. The van der Waals surface area contributed by atoms with E-state index in [1.54, 1.807) is 24.1 Å². The normalized spacial score (nSPS) is 17.2. The molecular weight excluding hydrogens is 431 g/mol. The molecule has 6 nitrogen and oxygen atoms in total. The lowest BCUT2D eigenvalue weighted by atomic mass is 9.88. The molecule has 1 aliphatic carbocycles. The molecule has 0 bridgehead atoms. The molecule has 0 radical (unpaired) electrons. The number of hydroxylamine groups is 1. The van der Waals surface area contributed by atoms with Crippen LogP contribution < -0.4 is 11.2 Å². The molecule has 3 unspecified atom stereocenters. The van der Waals surface area contributed by atoms with Crippen molar-refractivity contribution in [1.82, 2.24) is 5.48 Å². The highest BCUT2D eigenvalue weighted by atomic mass is 32.2. The number of ether oxygens (including phenoxy) is 1. The van der Waals surface area contributed by atoms with Crippen LogP contribution in [0, 0.1) is 5.92 Å². The minimum Gasteiger partial charge on any atom is -0.468 e. The number of nitrogens with two attached hydrogens (primary N) is 1. The third kappa shape index (κ3) is 5.96. The molecule has 0 spiro atoms. The maximum atomic E-state index is 13.8. The Hall–Kier alpha value is -3.16. The van der Waals surface area contributed by atoms with E-state index in [2.05, 4.69) is 5.48 Å². The Morgan fingerprint density at radius 3 is 2.62 bits per heavy atom. The lowest BCUT2D eigenvalue weighted by Gasteiger charge is -2.31. The van der Waals surface area contributed by atoms with Crippen LogP contribution in [0.25, 0.3) is 0 Å². The van der Waals surface area contributed by atoms with Crippen molar-refractivity contribution in [3.63, 3.8) is 0 Å². The van der Waals surface area contributed by atoms with Gasteiger partial charge in [-0.15, -0.1) is 11.8 Å². The van der Waals surface area contributed by atoms with Crippen molar-refractivity contribution in [2.45, 2.75) is 22.8 Å². The molecule has 3 rings (SSSR count). The fraction of sp³-hybridized carbons (Fsp3) is 0.208. The number of hydrogen-bond donors (Lipinski definition) is 2. The van der Waals surface area contributed by atoms with Crippen molar-refractivity contribution in [3.8, 4) is 0 Å². The number of methoxy groups -OCH3 is 1. The molecule has 2 aromatic carbocycles. The number of nitrogens with one attached hydrogen (secondary N) is 1. The summed E-state index contributed by atoms with van der Waals surface area (Å²) in [4.78, 5) is 30.7. The molecular formula is C24H23FN2O4S. The topological polar surface area (TPSA) is 90.7 Å². The zero-order chi connectivity index (χ0) is 22.9. The number of carbonyl (C=O) groups is 1. The van der Waals surface area contributed by atoms with Gasteiger partial charge in [0.15, 0.2) is 0 Å². The van der Waals surface area contributed by atoms with E-state index in [4.69, 9.17) is 15.3 Å². The van der Waals surface area contributed by atoms with Crippen LogP contribution in [-0.2, 0) is 25.8 Å². The van der Waals surface area contributed by atoms with Gasteiger partial charge in [-0.1, -0.05) is 48.5 Å². The van der Waals surface area contributed by atoms with Crippen LogP contribution in [0.1, 0.15) is 5.56 Å². The summed E-state index contributed by atoms with van der Waals surface area (Å²) in [6.45, 7) is 0.199. The van der Waals surface area contributed by atoms with Gasteiger partial charge in [0, 0.05) is 27.3 Å². The molecule has 166 valence electrons. The largest absolute Gasteiger partial charge is 0.468 e. The number of halogens is 1. The maximum Gasteiger partial charge on any atom is 0.326 e. The molecule has 3 N–H and O–H groups in total. The highest BCUT2D eigenvalue weighted by Gasteiger charge is 2.38. The Morgan fingerprint density at radius 1 is 1.22 bits per heavy atom. The molecule has 0 aromatic heterocycles. The average Bonchev–Trinajstić information content (AvgIpc) is 2.82. The lowest BCUT2D eigenvalue weighted by molar-refractivity contribution is -0.148. The number of para-hydroxylation sites is 1. The van der Waals surface area contributed by atoms with E-state index < -0.39 is 29.0 Å². The van der Waals surface area contributed by atoms with Crippen LogP contribution in [0.5, 0.6) is 0 Å². The quantitative estimate of drug-likeness (QED) is 0.196. The Labute approximate surface area is 189 Å². The zero-order valence-electron chi connectivity index (χ0n) is 17.4. The van der Waals surface area contributed by atoms with Gasteiger partial charge in [0.25, 0.3) is 0 Å². The summed E-state index contributed by atoms with van der Waals surface area (Å²) >= 11 is 1.27. The van der Waals surface area contributed by atoms with Gasteiger partial charge in [-0.2, -0.15) is 5.48 Å². The van der Waals surface area contributed by atoms with Gasteiger partial charge in [0.1, 0.15) is 17.8 Å². The Morgan fingerprint density at radius 2 is 1.94 bits per heavy atom. The minimum atomic E-state index is -0.999. The second kappa shape index (κ2) is 11.5. The number of thioether (sulfide) groups is 1. The van der Waals surface area contributed by atoms with E-state index in [0.29, 0.717) is 10.6 Å². The van der Waals surface area contributed by atoms with Crippen molar-refractivity contribution in [1.29, 1.82) is 0 Å². The number of esters is 1. The van der Waals surface area contributed by atoms with Crippen LogP contribution in [0.4, 0.5) is 10.1 Å². The van der Waals surface area contributed by atoms with Crippen molar-refractivity contribution in [2.75, 3.05) is 12.8 Å². The highest BCUT2D eigenvalue weighted by Crippen LogP contribution is 2.39. The van der Waals surface area contributed by atoms with Crippen LogP contribution >= 0.6 is 11.8 Å². The highest BCUT2D eigenvalue weighted by molar-refractivity contribution is 8.00. The fourth-order valence-corrected chi connectivity index (χ4v) is 4.57. The molecule has 0 aliphatic heterocycles. The van der Waals surface area contributed by atoms with E-state index >= 15 is 0 Å². The van der Waals surface area contributed by atoms with Gasteiger partial charge in [-0.05, 0) is 29.8 Å². The fourth-order valence-electron chi connectivity index (χ4n) is 3.22. The van der Waals surface area contributed by atoms with E-state index in [0.717, 1.165) is 11.6 Å². The molecule has 0 saturated heterocycles. The number of anilines is 1. The number of benzene rings is 2. The zero-order valence-corrected chi connectivity index (χ0v) is 18.2. The third-order valence-electron chi connectivity index (χ3n) is 4.84. The number of carbonyl (C=O) groups excluding carboxylic acids is 2. The first-order valence-corrected chi connectivity index (χ1v) is 10.7. The van der Waals surface area contributed by atoms with Gasteiger partial charge in [0.05, 0.1) is 13.7 Å². The molecule has 0 saturated carbocycles. The lowest BCUT2D eigenvalue weighted by Crippen LogP contribution is -2.48. The third-order valence-corrected chi connectivity index (χ3v) is 6.31. The molecule has 2 aromatic rings. The van der Waals surface area contributed by atoms with E-state index in [1.165, 1.54) is 31.0 Å². The molecule has 3 atom stereocenters. The molecule has 1 aliphatic rings. The predicted molar refractivity (Wildman–Crippen MR) is 122 cm³/mol. The maximum absolute atomic E-state index is 13.8. The van der Waals surface area contributed by atoms with Gasteiger partial charge >= 0.3 is 5.97 Å². The van der Waals surface area contributed by atoms with Crippen LogP contribution in [0.3, 0.4) is 0 Å². The van der Waals surface area contributed by atoms with E-state index in [1.807, 2.05) is 36.4 Å². The predicted octanol–water partition coefficient (Wildman–Crippen LogP) is 3.79. The molecule has 32 heavy (non-hydrogen) atoms. The van der Waals surface area contributed by atoms with Crippen LogP contribution in [0.15, 0.2) is 89.1 Å². The Bertz CT molecular complexity index is 1050. The summed E-state index contributed by atoms with van der Waals surface area (Å²) in [6.07, 6.45) is 3.90. The molecule has 8 heteroatoms. The summed E-state index contributed by atoms with van der Waals surface area (Å²) in [5.41, 5.74) is 10.4. The van der Waals surface area contributed by atoms with Gasteiger partial charge in [-0.25, -0.2) is 9.18 Å². The van der Waals surface area contributed by atoms with Crippen molar-refractivity contribution in [3.05, 3.63) is 89.8 Å². The standard InChI is InChI=1S/C24H23FN2O4S/c1-30-24(29)22(27-31-15-16-7-3-2-4-8-16)23(32-21-10-6-5-9-20(21)26)19-12-11-18(25)13-17(19)14-28/h2-13,19,22-23,27H,15,26H2,1H3. The van der Waals surface area contributed by atoms with Gasteiger partial charge in [-0.3, -0.25) is 9.63 Å². The Kier molecular flexibility index (Phi) is 8.41. The summed E-state index contributed by atoms with van der Waals surface area (Å²) in [7, 11) is 1.26. The van der Waals surface area contributed by atoms with Crippen molar-refractivity contribution < 1.29 is 23.6 Å². The summed E-state index contributed by atoms with van der Waals surface area (Å²) in [5.74, 6) is -0.0149. The first-order chi connectivity index (χ1) is 15.5. The van der Waals surface area contributed by atoms with Crippen molar-refractivity contribution in [2.24, 2.45) is 5.92 Å². The first-order valence-electron chi connectivity index (χ1n) is 9.84.